The van der Waals surface area contributed by atoms with Crippen LogP contribution in [0.3, 0.4) is 0 Å². The molecule has 0 amide bonds. The van der Waals surface area contributed by atoms with Gasteiger partial charge in [0.25, 0.3) is 0 Å². The summed E-state index contributed by atoms with van der Waals surface area (Å²) in [4.78, 5) is 1.70. The van der Waals surface area contributed by atoms with E-state index in [0.717, 1.165) is 17.7 Å². The van der Waals surface area contributed by atoms with Crippen LogP contribution in [-0.4, -0.2) is 21.6 Å². The Kier molecular flexibility index (Phi) is 6.96. The van der Waals surface area contributed by atoms with Crippen molar-refractivity contribution < 1.29 is 27.4 Å². The van der Waals surface area contributed by atoms with E-state index in [-0.39, 0.29) is 25.4 Å². The highest BCUT2D eigenvalue weighted by molar-refractivity contribution is 5.51. The van der Waals surface area contributed by atoms with E-state index >= 15 is 0 Å². The van der Waals surface area contributed by atoms with Gasteiger partial charge in [-0.05, 0) is 66.2 Å². The molecule has 1 aliphatic heterocycles. The van der Waals surface area contributed by atoms with Crippen molar-refractivity contribution in [2.45, 2.75) is 19.6 Å². The first kappa shape index (κ1) is 25.3. The minimum Gasteiger partial charge on any atom is -0.457 e. The zero-order valence-corrected chi connectivity index (χ0v) is 21.1. The van der Waals surface area contributed by atoms with Crippen LogP contribution in [0.2, 0.25) is 0 Å². The summed E-state index contributed by atoms with van der Waals surface area (Å²) in [5, 5.41) is 8.31. The lowest BCUT2D eigenvalue weighted by atomic mass is 10.1. The van der Waals surface area contributed by atoms with E-state index in [1.54, 1.807) is 35.5 Å². The summed E-state index contributed by atoms with van der Waals surface area (Å²) < 4.78 is 61.9. The van der Waals surface area contributed by atoms with Gasteiger partial charge in [-0.2, -0.15) is 0 Å². The number of hydrogen-bond acceptors (Lipinski definition) is 6. The van der Waals surface area contributed by atoms with Crippen molar-refractivity contribution in [3.63, 3.8) is 0 Å². The maximum Gasteiger partial charge on any atom is 0.231 e. The van der Waals surface area contributed by atoms with Crippen molar-refractivity contribution in [2.75, 3.05) is 11.7 Å². The molecule has 10 heteroatoms. The van der Waals surface area contributed by atoms with E-state index in [2.05, 4.69) is 10.2 Å². The third-order valence-electron chi connectivity index (χ3n) is 6.49. The van der Waals surface area contributed by atoms with Gasteiger partial charge in [-0.15, -0.1) is 10.2 Å². The molecule has 1 aromatic heterocycles. The molecule has 0 N–H and O–H groups in total. The summed E-state index contributed by atoms with van der Waals surface area (Å²) in [7, 11) is 0. The molecule has 7 nitrogen and oxygen atoms in total. The first-order valence-corrected chi connectivity index (χ1v) is 12.5. The zero-order valence-electron chi connectivity index (χ0n) is 21.1. The quantitative estimate of drug-likeness (QED) is 0.198. The Hall–Kier alpha value is -4.99. The second kappa shape index (κ2) is 11.0. The first-order valence-electron chi connectivity index (χ1n) is 12.5. The van der Waals surface area contributed by atoms with E-state index in [4.69, 9.17) is 14.2 Å². The van der Waals surface area contributed by atoms with Gasteiger partial charge in [-0.25, -0.2) is 13.2 Å². The number of benzene rings is 4. The van der Waals surface area contributed by atoms with E-state index in [1.165, 1.54) is 0 Å². The molecule has 0 fully saturated rings. The van der Waals surface area contributed by atoms with Crippen molar-refractivity contribution in [2.24, 2.45) is 0 Å². The third kappa shape index (κ3) is 5.42. The molecule has 4 aromatic carbocycles. The Morgan fingerprint density at radius 1 is 0.800 bits per heavy atom. The second-order valence-electron chi connectivity index (χ2n) is 9.15. The molecule has 0 unspecified atom stereocenters. The van der Waals surface area contributed by atoms with Gasteiger partial charge >= 0.3 is 0 Å². The lowest BCUT2D eigenvalue weighted by Gasteiger charge is -2.25. The van der Waals surface area contributed by atoms with Crippen LogP contribution >= 0.6 is 0 Å². The molecule has 6 rings (SSSR count). The number of anilines is 1. The predicted molar refractivity (Wildman–Crippen MR) is 141 cm³/mol. The van der Waals surface area contributed by atoms with Gasteiger partial charge < -0.3 is 23.7 Å². The lowest BCUT2D eigenvalue weighted by Crippen LogP contribution is -2.26. The highest BCUT2D eigenvalue weighted by Crippen LogP contribution is 2.33. The average molecular weight is 545 g/mol. The standard InChI is InChI=1S/C30H23F3N4O3/c31-25-11-12-26(32)30(33)24(25)16-36(21-7-9-23(10-8-21)40-22-4-2-1-3-5-22)17-29-35-34-18-37(29)15-20-6-13-27-28(14-20)39-19-38-27/h1-14,18H,15-17,19H2. The summed E-state index contributed by atoms with van der Waals surface area (Å²) >= 11 is 0. The van der Waals surface area contributed by atoms with Gasteiger partial charge in [-0.3, -0.25) is 0 Å². The van der Waals surface area contributed by atoms with E-state index < -0.39 is 17.5 Å². The van der Waals surface area contributed by atoms with E-state index in [0.29, 0.717) is 41.1 Å². The van der Waals surface area contributed by atoms with Crippen LogP contribution < -0.4 is 19.1 Å². The second-order valence-corrected chi connectivity index (χ2v) is 9.15. The van der Waals surface area contributed by atoms with Gasteiger partial charge in [0.15, 0.2) is 29.0 Å². The van der Waals surface area contributed by atoms with Gasteiger partial charge in [-0.1, -0.05) is 24.3 Å². The summed E-state index contributed by atoms with van der Waals surface area (Å²) in [6, 6.07) is 23.7. The highest BCUT2D eigenvalue weighted by Gasteiger charge is 2.21. The Labute approximate surface area is 228 Å². The van der Waals surface area contributed by atoms with Crippen LogP contribution in [0.25, 0.3) is 0 Å². The van der Waals surface area contributed by atoms with Gasteiger partial charge in [0.05, 0.1) is 13.1 Å². The molecule has 0 bridgehead atoms. The lowest BCUT2D eigenvalue weighted by molar-refractivity contribution is 0.174. The molecule has 2 heterocycles. The monoisotopic (exact) mass is 544 g/mol. The number of rotatable bonds is 9. The Balaban J connectivity index is 1.28. The smallest absolute Gasteiger partial charge is 0.231 e. The van der Waals surface area contributed by atoms with E-state index in [9.17, 15) is 13.2 Å². The molecule has 0 atom stereocenters. The number of hydrogen-bond donors (Lipinski definition) is 0. The molecule has 1 aliphatic rings. The van der Waals surface area contributed by atoms with Crippen LogP contribution in [0.4, 0.5) is 18.9 Å². The fourth-order valence-corrected chi connectivity index (χ4v) is 4.43. The maximum absolute atomic E-state index is 14.7. The van der Waals surface area contributed by atoms with Crippen LogP contribution in [0.15, 0.2) is 91.3 Å². The number of nitrogens with zero attached hydrogens (tertiary/aromatic N) is 4. The average Bonchev–Trinajstić information content (AvgIpc) is 3.62. The summed E-state index contributed by atoms with van der Waals surface area (Å²) in [5.41, 5.74) is 1.18. The van der Waals surface area contributed by atoms with Crippen molar-refractivity contribution in [1.29, 1.82) is 0 Å². The third-order valence-corrected chi connectivity index (χ3v) is 6.49. The molecule has 5 aromatic rings. The topological polar surface area (TPSA) is 61.6 Å². The van der Waals surface area contributed by atoms with Crippen molar-refractivity contribution in [3.05, 3.63) is 126 Å². The van der Waals surface area contributed by atoms with Crippen LogP contribution in [0.1, 0.15) is 17.0 Å². The number of para-hydroxylation sites is 1. The Morgan fingerprint density at radius 3 is 2.38 bits per heavy atom. The van der Waals surface area contributed by atoms with Crippen molar-refractivity contribution in [3.8, 4) is 23.0 Å². The molecule has 0 radical (unpaired) electrons. The van der Waals surface area contributed by atoms with Crippen LogP contribution in [0.5, 0.6) is 23.0 Å². The largest absolute Gasteiger partial charge is 0.457 e. The Bertz CT molecular complexity index is 1630. The van der Waals surface area contributed by atoms with Crippen LogP contribution in [-0.2, 0) is 19.6 Å². The fraction of sp³-hybridized carbons (Fsp3) is 0.133. The molecule has 0 saturated heterocycles. The maximum atomic E-state index is 14.7. The summed E-state index contributed by atoms with van der Waals surface area (Å²) in [5.74, 6) is -0.0444. The number of fused-ring (bicyclic) bond motifs is 1. The zero-order chi connectivity index (χ0) is 27.5. The van der Waals surface area contributed by atoms with Crippen molar-refractivity contribution >= 4 is 5.69 Å². The minimum absolute atomic E-state index is 0.138. The molecule has 202 valence electrons. The predicted octanol–water partition coefficient (Wildman–Crippen LogP) is 6.47. The normalized spacial score (nSPS) is 12.0. The first-order chi connectivity index (χ1) is 19.5. The number of aromatic nitrogens is 3. The minimum atomic E-state index is -1.23. The van der Waals surface area contributed by atoms with Gasteiger partial charge in [0.2, 0.25) is 6.79 Å². The van der Waals surface area contributed by atoms with Gasteiger partial charge in [0.1, 0.15) is 23.6 Å². The SMILES string of the molecule is Fc1ccc(F)c(CN(Cc2nncn2Cc2ccc3c(c2)OCO3)c2ccc(Oc3ccccc3)cc2)c1F. The number of ether oxygens (including phenoxy) is 3. The summed E-state index contributed by atoms with van der Waals surface area (Å²) in [6.45, 7) is 0.497. The summed E-state index contributed by atoms with van der Waals surface area (Å²) in [6.07, 6.45) is 1.58. The van der Waals surface area contributed by atoms with Crippen molar-refractivity contribution in [1.82, 2.24) is 14.8 Å². The van der Waals surface area contributed by atoms with E-state index in [1.807, 2.05) is 53.1 Å². The molecular formula is C30H23F3N4O3. The van der Waals surface area contributed by atoms with Gasteiger partial charge in [0, 0.05) is 17.8 Å². The molecule has 0 saturated carbocycles. The molecular weight excluding hydrogens is 521 g/mol. The molecule has 40 heavy (non-hydrogen) atoms. The number of halogens is 3. The highest BCUT2D eigenvalue weighted by atomic mass is 19.2. The fourth-order valence-electron chi connectivity index (χ4n) is 4.43. The molecule has 0 aliphatic carbocycles. The molecule has 0 spiro atoms. The van der Waals surface area contributed by atoms with Crippen LogP contribution in [0, 0.1) is 17.5 Å². The Morgan fingerprint density at radius 2 is 1.55 bits per heavy atom.